The summed E-state index contributed by atoms with van der Waals surface area (Å²) in [5.74, 6) is -2.23. The monoisotopic (exact) mass is 446 g/mol. The largest absolute Gasteiger partial charge is 0.479 e. The maximum absolute atomic E-state index is 14.0. The van der Waals surface area contributed by atoms with Crippen LogP contribution in [-0.4, -0.2) is 34.2 Å². The van der Waals surface area contributed by atoms with Crippen LogP contribution in [0.1, 0.15) is 43.6 Å². The van der Waals surface area contributed by atoms with Crippen LogP contribution in [0.3, 0.4) is 0 Å². The number of carboxylic acid groups (broad SMARTS) is 1. The fourth-order valence-electron chi connectivity index (χ4n) is 3.54. The minimum Gasteiger partial charge on any atom is -0.479 e. The lowest BCUT2D eigenvalue weighted by Gasteiger charge is -2.27. The first-order chi connectivity index (χ1) is 14.5. The van der Waals surface area contributed by atoms with E-state index in [9.17, 15) is 19.1 Å². The molecule has 8 heteroatoms. The maximum atomic E-state index is 14.0. The van der Waals surface area contributed by atoms with Gasteiger partial charge >= 0.3 is 5.97 Å². The average molecular weight is 447 g/mol. The van der Waals surface area contributed by atoms with Gasteiger partial charge in [-0.1, -0.05) is 30.3 Å². The van der Waals surface area contributed by atoms with Crippen molar-refractivity contribution in [3.05, 3.63) is 70.5 Å². The maximum Gasteiger partial charge on any atom is 0.330 e. The van der Waals surface area contributed by atoms with Crippen LogP contribution in [0.2, 0.25) is 0 Å². The van der Waals surface area contributed by atoms with Gasteiger partial charge in [-0.15, -0.1) is 11.3 Å². The molecule has 1 amide bonds. The van der Waals surface area contributed by atoms with Crippen molar-refractivity contribution in [3.63, 3.8) is 0 Å². The third kappa shape index (κ3) is 5.44. The van der Waals surface area contributed by atoms with E-state index in [0.29, 0.717) is 4.88 Å². The number of hydrogen-bond acceptors (Lipinski definition) is 5. The molecule has 0 bridgehead atoms. The van der Waals surface area contributed by atoms with Gasteiger partial charge in [-0.3, -0.25) is 4.79 Å². The van der Waals surface area contributed by atoms with Crippen LogP contribution in [-0.2, 0) is 20.7 Å². The molecule has 3 rings (SSSR count). The number of carbonyl (C=O) groups excluding carboxylic acids is 1. The number of carbonyl (C=O) groups is 2. The van der Waals surface area contributed by atoms with Crippen LogP contribution in [0, 0.1) is 5.82 Å². The molecule has 1 aromatic carbocycles. The quantitative estimate of drug-likeness (QED) is 0.510. The van der Waals surface area contributed by atoms with E-state index in [1.165, 1.54) is 17.4 Å². The summed E-state index contributed by atoms with van der Waals surface area (Å²) in [5, 5.41) is 17.1. The summed E-state index contributed by atoms with van der Waals surface area (Å²) < 4.78 is 19.7. The highest BCUT2D eigenvalue weighted by molar-refractivity contribution is 7.09. The van der Waals surface area contributed by atoms with Gasteiger partial charge in [0.05, 0.1) is 0 Å². The Labute approximate surface area is 185 Å². The molecule has 3 N–H and O–H groups in total. The third-order valence-corrected chi connectivity index (χ3v) is 5.97. The van der Waals surface area contributed by atoms with Crippen LogP contribution in [0.25, 0.3) is 0 Å². The van der Waals surface area contributed by atoms with Gasteiger partial charge in [0, 0.05) is 17.2 Å². The molecule has 1 saturated carbocycles. The summed E-state index contributed by atoms with van der Waals surface area (Å²) in [6.45, 7) is 9.31. The van der Waals surface area contributed by atoms with E-state index in [2.05, 4.69) is 17.2 Å². The van der Waals surface area contributed by atoms with Crippen LogP contribution in [0.5, 0.6) is 0 Å². The second kappa shape index (κ2) is 8.70. The predicted molar refractivity (Wildman–Crippen MR) is 117 cm³/mol. The Morgan fingerprint density at radius 2 is 2.00 bits per heavy atom. The number of rotatable bonds is 9. The van der Waals surface area contributed by atoms with Crippen LogP contribution in [0.4, 0.5) is 4.39 Å². The molecule has 6 nitrogen and oxygen atoms in total. The Morgan fingerprint density at radius 3 is 2.55 bits per heavy atom. The predicted octanol–water partition coefficient (Wildman–Crippen LogP) is 3.80. The molecule has 2 unspecified atom stereocenters. The molecule has 166 valence electrons. The van der Waals surface area contributed by atoms with Crippen molar-refractivity contribution < 1.29 is 23.8 Å². The summed E-state index contributed by atoms with van der Waals surface area (Å²) in [6, 6.07) is 9.59. The molecule has 1 aromatic heterocycles. The Bertz CT molecular complexity index is 969. The molecule has 0 spiro atoms. The first-order valence-electron chi connectivity index (χ1n) is 9.98. The smallest absolute Gasteiger partial charge is 0.330 e. The second-order valence-electron chi connectivity index (χ2n) is 8.66. The van der Waals surface area contributed by atoms with Crippen molar-refractivity contribution in [1.29, 1.82) is 0 Å². The van der Waals surface area contributed by atoms with Crippen LogP contribution >= 0.6 is 11.3 Å². The number of nitrogens with one attached hydrogen (secondary N) is 2. The van der Waals surface area contributed by atoms with Gasteiger partial charge in [-0.2, -0.15) is 0 Å². The normalized spacial score (nSPS) is 21.1. The van der Waals surface area contributed by atoms with Gasteiger partial charge in [-0.05, 0) is 50.8 Å². The lowest BCUT2D eigenvalue weighted by molar-refractivity contribution is -0.143. The lowest BCUT2D eigenvalue weighted by atomic mass is 10.0. The summed E-state index contributed by atoms with van der Waals surface area (Å²) in [5.41, 5.74) is -1.09. The van der Waals surface area contributed by atoms with E-state index >= 15 is 0 Å². The van der Waals surface area contributed by atoms with Crippen molar-refractivity contribution in [2.24, 2.45) is 0 Å². The third-order valence-electron chi connectivity index (χ3n) is 5.05. The number of thiophene rings is 1. The molecule has 1 aliphatic carbocycles. The van der Waals surface area contributed by atoms with Crippen molar-refractivity contribution >= 4 is 23.2 Å². The highest BCUT2D eigenvalue weighted by Gasteiger charge is 2.62. The van der Waals surface area contributed by atoms with Crippen LogP contribution < -0.4 is 10.6 Å². The topological polar surface area (TPSA) is 87.7 Å². The van der Waals surface area contributed by atoms with Crippen molar-refractivity contribution in [1.82, 2.24) is 10.6 Å². The number of halogens is 1. The molecule has 0 aliphatic heterocycles. The minimum absolute atomic E-state index is 0.0353. The molecule has 0 saturated heterocycles. The molecule has 1 fully saturated rings. The van der Waals surface area contributed by atoms with Gasteiger partial charge in [0.25, 0.3) is 0 Å². The number of carboxylic acids is 1. The number of ether oxygens (including phenoxy) is 1. The van der Waals surface area contributed by atoms with Gasteiger partial charge in [0.1, 0.15) is 23.0 Å². The average Bonchev–Trinajstić information content (AvgIpc) is 3.28. The Morgan fingerprint density at radius 1 is 1.32 bits per heavy atom. The SMILES string of the molecule is C=C(NC(Cc1sccc1F)C(=O)N[C@]1(C(=O)O)CC1c1ccccc1)OC(C)(C)C. The van der Waals surface area contributed by atoms with E-state index < -0.39 is 34.9 Å². The van der Waals surface area contributed by atoms with E-state index in [-0.39, 0.29) is 24.6 Å². The number of amides is 1. The molecule has 3 atom stereocenters. The van der Waals surface area contributed by atoms with Crippen molar-refractivity contribution in [3.8, 4) is 0 Å². The first kappa shape index (κ1) is 22.8. The molecular weight excluding hydrogens is 419 g/mol. The highest BCUT2D eigenvalue weighted by atomic mass is 32.1. The summed E-state index contributed by atoms with van der Waals surface area (Å²) >= 11 is 1.19. The summed E-state index contributed by atoms with van der Waals surface area (Å²) in [6.07, 6.45) is 0.325. The van der Waals surface area contributed by atoms with Gasteiger partial charge in [0.15, 0.2) is 5.88 Å². The van der Waals surface area contributed by atoms with Gasteiger partial charge in [0.2, 0.25) is 5.91 Å². The number of benzene rings is 1. The number of aliphatic carboxylic acids is 1. The van der Waals surface area contributed by atoms with Crippen molar-refractivity contribution in [2.45, 2.75) is 56.7 Å². The molecule has 2 aromatic rings. The second-order valence-corrected chi connectivity index (χ2v) is 9.66. The number of hydrogen-bond donors (Lipinski definition) is 3. The zero-order valence-electron chi connectivity index (χ0n) is 17.8. The molecular formula is C23H27FN2O4S. The van der Waals surface area contributed by atoms with Gasteiger partial charge < -0.3 is 20.5 Å². The van der Waals surface area contributed by atoms with Crippen LogP contribution in [0.15, 0.2) is 54.2 Å². The lowest BCUT2D eigenvalue weighted by Crippen LogP contribution is -2.53. The Hall–Kier alpha value is -2.87. The highest BCUT2D eigenvalue weighted by Crippen LogP contribution is 2.51. The molecule has 1 aliphatic rings. The van der Waals surface area contributed by atoms with E-state index in [4.69, 9.17) is 4.74 Å². The molecule has 1 heterocycles. The standard InChI is InChI=1S/C23H27FN2O4S/c1-14(30-22(2,3)4)25-18(12-19-17(24)10-11-31-19)20(27)26-23(21(28)29)13-16(23)15-8-6-5-7-9-15/h5-11,16,18,25H,1,12-13H2,2-4H3,(H,26,27)(H,28,29)/t16?,18?,23-/m1/s1. The van der Waals surface area contributed by atoms with E-state index in [0.717, 1.165) is 5.56 Å². The summed E-state index contributed by atoms with van der Waals surface area (Å²) in [7, 11) is 0. The molecule has 31 heavy (non-hydrogen) atoms. The minimum atomic E-state index is -1.39. The van der Waals surface area contributed by atoms with Crippen molar-refractivity contribution in [2.75, 3.05) is 0 Å². The first-order valence-corrected chi connectivity index (χ1v) is 10.9. The zero-order valence-corrected chi connectivity index (χ0v) is 18.6. The van der Waals surface area contributed by atoms with E-state index in [1.807, 2.05) is 51.1 Å². The fourth-order valence-corrected chi connectivity index (χ4v) is 4.34. The molecule has 0 radical (unpaired) electrons. The van der Waals surface area contributed by atoms with E-state index in [1.54, 1.807) is 5.38 Å². The Kier molecular flexibility index (Phi) is 6.40. The zero-order chi connectivity index (χ0) is 22.8. The van der Waals surface area contributed by atoms with Gasteiger partial charge in [-0.25, -0.2) is 9.18 Å². The fraction of sp³-hybridized carbons (Fsp3) is 0.391. The summed E-state index contributed by atoms with van der Waals surface area (Å²) in [4.78, 5) is 25.6. The Balaban J connectivity index is 1.79.